The van der Waals surface area contributed by atoms with E-state index in [-0.39, 0.29) is 11.8 Å². The van der Waals surface area contributed by atoms with Crippen LogP contribution in [0.1, 0.15) is 60.5 Å². The van der Waals surface area contributed by atoms with Gasteiger partial charge in [-0.1, -0.05) is 31.5 Å². The lowest BCUT2D eigenvalue weighted by molar-refractivity contribution is 0.0951. The monoisotopic (exact) mass is 491 g/mol. The fraction of sp³-hybridized carbons (Fsp3) is 0.462. The predicted molar refractivity (Wildman–Crippen MR) is 138 cm³/mol. The highest BCUT2D eigenvalue weighted by Crippen LogP contribution is 2.38. The Hall–Kier alpha value is -2.18. The van der Waals surface area contributed by atoms with Gasteiger partial charge in [0, 0.05) is 23.6 Å². The van der Waals surface area contributed by atoms with Crippen LogP contribution in [-0.2, 0) is 9.52 Å². The Balaban J connectivity index is 1.69. The molecule has 0 bridgehead atoms. The van der Waals surface area contributed by atoms with Gasteiger partial charge in [0.15, 0.2) is 0 Å². The van der Waals surface area contributed by atoms with Crippen LogP contribution >= 0.6 is 11.6 Å². The Kier molecular flexibility index (Phi) is 8.35. The van der Waals surface area contributed by atoms with E-state index in [4.69, 9.17) is 21.1 Å². The molecule has 3 rings (SSSR count). The molecule has 1 amide bonds. The zero-order valence-electron chi connectivity index (χ0n) is 19.9. The van der Waals surface area contributed by atoms with E-state index in [9.17, 15) is 9.00 Å². The van der Waals surface area contributed by atoms with Crippen molar-refractivity contribution < 1.29 is 18.5 Å². The molecule has 0 aromatic heterocycles. The van der Waals surface area contributed by atoms with Crippen molar-refractivity contribution in [2.24, 2.45) is 5.92 Å². The van der Waals surface area contributed by atoms with E-state index in [0.29, 0.717) is 46.1 Å². The van der Waals surface area contributed by atoms with Crippen LogP contribution in [0.4, 0.5) is 0 Å². The Labute approximate surface area is 202 Å². The zero-order chi connectivity index (χ0) is 24.2. The summed E-state index contributed by atoms with van der Waals surface area (Å²) < 4.78 is 23.6. The second-order valence-corrected chi connectivity index (χ2v) is 12.2. The Morgan fingerprint density at radius 2 is 1.94 bits per heavy atom. The number of aryl methyl sites for hydroxylation is 1. The third-order valence-corrected chi connectivity index (χ3v) is 8.55. The van der Waals surface area contributed by atoms with Gasteiger partial charge in [0.2, 0.25) is 0 Å². The van der Waals surface area contributed by atoms with Crippen molar-refractivity contribution in [3.63, 3.8) is 0 Å². The molecule has 7 heteroatoms. The molecular formula is C26H34ClNO4S. The summed E-state index contributed by atoms with van der Waals surface area (Å²) in [5.74, 6) is 7.61. The normalized spacial score (nSPS) is 20.5. The van der Waals surface area contributed by atoms with Gasteiger partial charge in [0.05, 0.1) is 17.7 Å². The average molecular weight is 492 g/mol. The quantitative estimate of drug-likeness (QED) is 0.472. The van der Waals surface area contributed by atoms with E-state index < -0.39 is 9.52 Å². The maximum atomic E-state index is 12.8. The number of carbonyl (C=O) groups is 1. The third-order valence-electron chi connectivity index (χ3n) is 6.22. The first kappa shape index (κ1) is 25.4. The number of nitrogens with one attached hydrogen (secondary N) is 1. The number of amides is 1. The van der Waals surface area contributed by atoms with E-state index in [1.807, 2.05) is 31.2 Å². The van der Waals surface area contributed by atoms with E-state index in [2.05, 4.69) is 25.0 Å². The minimum Gasteiger partial charge on any atom is -0.496 e. The van der Waals surface area contributed by atoms with Gasteiger partial charge in [-0.25, -0.2) is 0 Å². The van der Waals surface area contributed by atoms with Crippen molar-refractivity contribution in [2.75, 3.05) is 25.2 Å². The van der Waals surface area contributed by atoms with Crippen LogP contribution < -0.4 is 14.8 Å². The molecule has 1 aliphatic heterocycles. The molecule has 0 aliphatic carbocycles. The van der Waals surface area contributed by atoms with Crippen molar-refractivity contribution in [3.05, 3.63) is 52.0 Å². The standard InChI is InChI=1S/C26H34ClNO4S/c1-17(2)22-16-20(7-9-23(22)31-4)32-25-18(3)6-8-21(24(25)27)26(29)28-13-10-19-11-14-33(5,30)15-12-19/h6-9,16-17,19H,5,10-15H2,1-4H3,(H,28,29). The van der Waals surface area contributed by atoms with Gasteiger partial charge in [0.1, 0.15) is 17.2 Å². The largest absolute Gasteiger partial charge is 0.496 e. The molecule has 1 fully saturated rings. The fourth-order valence-corrected chi connectivity index (χ4v) is 6.15. The molecule has 1 saturated heterocycles. The van der Waals surface area contributed by atoms with Crippen molar-refractivity contribution >= 4 is 32.9 Å². The minimum atomic E-state index is -1.88. The van der Waals surface area contributed by atoms with Gasteiger partial charge in [-0.3, -0.25) is 9.00 Å². The second-order valence-electron chi connectivity index (χ2n) is 9.10. The lowest BCUT2D eigenvalue weighted by Gasteiger charge is -2.24. The maximum Gasteiger partial charge on any atom is 0.252 e. The van der Waals surface area contributed by atoms with E-state index in [1.54, 1.807) is 13.2 Å². The van der Waals surface area contributed by atoms with Crippen molar-refractivity contribution in [1.29, 1.82) is 0 Å². The highest BCUT2D eigenvalue weighted by Gasteiger charge is 2.21. The van der Waals surface area contributed by atoms with E-state index >= 15 is 0 Å². The Bertz CT molecular complexity index is 1100. The van der Waals surface area contributed by atoms with E-state index in [1.165, 1.54) is 0 Å². The number of ether oxygens (including phenoxy) is 2. The summed E-state index contributed by atoms with van der Waals surface area (Å²) in [7, 11) is -0.227. The molecule has 1 N–H and O–H groups in total. The summed E-state index contributed by atoms with van der Waals surface area (Å²) in [6.45, 7) is 6.64. The summed E-state index contributed by atoms with van der Waals surface area (Å²) >= 11 is 6.63. The number of carbonyl (C=O) groups excluding carboxylic acids is 1. The van der Waals surface area contributed by atoms with E-state index in [0.717, 1.165) is 36.1 Å². The SMILES string of the molecule is C=S1(=O)CCC(CCNC(=O)c2ccc(C)c(Oc3ccc(OC)c(C(C)C)c3)c2Cl)CC1. The number of halogens is 1. The molecule has 5 nitrogen and oxygen atoms in total. The molecule has 2 aromatic carbocycles. The zero-order valence-corrected chi connectivity index (χ0v) is 21.5. The summed E-state index contributed by atoms with van der Waals surface area (Å²) in [6, 6.07) is 9.23. The van der Waals surface area contributed by atoms with Crippen LogP contribution in [0.5, 0.6) is 17.2 Å². The smallest absolute Gasteiger partial charge is 0.252 e. The topological polar surface area (TPSA) is 64.6 Å². The molecular weight excluding hydrogens is 458 g/mol. The van der Waals surface area contributed by atoms with Crippen LogP contribution in [0.2, 0.25) is 5.02 Å². The van der Waals surface area contributed by atoms with Gasteiger partial charge in [-0.05, 0) is 83.2 Å². The fourth-order valence-electron chi connectivity index (χ4n) is 4.08. The van der Waals surface area contributed by atoms with Crippen LogP contribution in [-0.4, -0.2) is 41.1 Å². The molecule has 2 aromatic rings. The van der Waals surface area contributed by atoms with Gasteiger partial charge < -0.3 is 14.8 Å². The molecule has 33 heavy (non-hydrogen) atoms. The van der Waals surface area contributed by atoms with Gasteiger partial charge in [-0.2, -0.15) is 0 Å². The van der Waals surface area contributed by atoms with Crippen LogP contribution in [0, 0.1) is 12.8 Å². The summed E-state index contributed by atoms with van der Waals surface area (Å²) in [6.07, 6.45) is 2.67. The summed E-state index contributed by atoms with van der Waals surface area (Å²) in [5, 5.41) is 3.27. The summed E-state index contributed by atoms with van der Waals surface area (Å²) in [5.41, 5.74) is 2.27. The number of benzene rings is 2. The van der Waals surface area contributed by atoms with Crippen molar-refractivity contribution in [1.82, 2.24) is 5.32 Å². The van der Waals surface area contributed by atoms with Crippen LogP contribution in [0.15, 0.2) is 30.3 Å². The minimum absolute atomic E-state index is 0.223. The molecule has 0 atom stereocenters. The van der Waals surface area contributed by atoms with Crippen molar-refractivity contribution in [2.45, 2.75) is 46.0 Å². The van der Waals surface area contributed by atoms with Gasteiger partial charge in [0.25, 0.3) is 5.91 Å². The maximum absolute atomic E-state index is 12.8. The highest BCUT2D eigenvalue weighted by molar-refractivity contribution is 8.00. The molecule has 0 spiro atoms. The molecule has 1 heterocycles. The number of rotatable bonds is 8. The van der Waals surface area contributed by atoms with Crippen LogP contribution in [0.25, 0.3) is 0 Å². The molecule has 0 radical (unpaired) electrons. The predicted octanol–water partition coefficient (Wildman–Crippen LogP) is 5.82. The third kappa shape index (κ3) is 6.45. The second kappa shape index (κ2) is 10.8. The first-order valence-corrected chi connectivity index (χ1v) is 13.8. The highest BCUT2D eigenvalue weighted by atomic mass is 35.5. The first-order valence-electron chi connectivity index (χ1n) is 11.4. The molecule has 0 unspecified atom stereocenters. The van der Waals surface area contributed by atoms with Crippen LogP contribution in [0.3, 0.4) is 0 Å². The molecule has 0 saturated carbocycles. The Morgan fingerprint density at radius 3 is 2.58 bits per heavy atom. The Morgan fingerprint density at radius 1 is 1.24 bits per heavy atom. The lowest BCUT2D eigenvalue weighted by Crippen LogP contribution is -2.29. The summed E-state index contributed by atoms with van der Waals surface area (Å²) in [4.78, 5) is 12.8. The number of methoxy groups -OCH3 is 1. The van der Waals surface area contributed by atoms with Gasteiger partial charge in [-0.15, -0.1) is 0 Å². The van der Waals surface area contributed by atoms with Crippen molar-refractivity contribution in [3.8, 4) is 17.2 Å². The lowest BCUT2D eigenvalue weighted by atomic mass is 9.99. The number of hydrogen-bond acceptors (Lipinski definition) is 4. The number of hydrogen-bond donors (Lipinski definition) is 1. The molecule has 180 valence electrons. The first-order chi connectivity index (χ1) is 15.6. The average Bonchev–Trinajstić information content (AvgIpc) is 2.77. The van der Waals surface area contributed by atoms with Gasteiger partial charge >= 0.3 is 0 Å². The molecule has 1 aliphatic rings.